The van der Waals surface area contributed by atoms with E-state index >= 15 is 0 Å². The van der Waals surface area contributed by atoms with Gasteiger partial charge in [-0.3, -0.25) is 48.3 Å². The highest BCUT2D eigenvalue weighted by atomic mass is 32.2. The van der Waals surface area contributed by atoms with Crippen LogP contribution in [-0.2, 0) is 47.8 Å². The number of ketones is 1. The van der Waals surface area contributed by atoms with E-state index in [9.17, 15) is 33.6 Å². The fourth-order valence-electron chi connectivity index (χ4n) is 19.2. The molecule has 1 atom stereocenters. The highest BCUT2D eigenvalue weighted by molar-refractivity contribution is 8.01. The van der Waals surface area contributed by atoms with E-state index in [4.69, 9.17) is 14.2 Å². The number of likely N-dealkylation sites (tertiary alicyclic amines) is 8. The van der Waals surface area contributed by atoms with Crippen LogP contribution in [0.2, 0.25) is 0 Å². The largest absolute Gasteiger partial charge is 0.366 e. The van der Waals surface area contributed by atoms with Crippen LogP contribution in [-0.4, -0.2) is 280 Å². The number of nitrogens with zero attached hydrogens (tertiary/aromatic N) is 8. The molecule has 0 aromatic heterocycles. The lowest BCUT2D eigenvalue weighted by Gasteiger charge is -2.42. The summed E-state index contributed by atoms with van der Waals surface area (Å²) < 4.78 is 16.8. The predicted molar refractivity (Wildman–Crippen MR) is 598 cm³/mol. The number of carbonyl (C=O) groups is 7. The minimum Gasteiger partial charge on any atom is -0.366 e. The molecule has 140 heavy (non-hydrogen) atoms. The molecule has 0 radical (unpaired) electrons. The Hall–Kier alpha value is -3.48. The van der Waals surface area contributed by atoms with E-state index < -0.39 is 0 Å². The number of amides is 6. The van der Waals surface area contributed by atoms with Gasteiger partial charge in [-0.05, 0) is 333 Å². The third-order valence-corrected chi connectivity index (χ3v) is 30.3. The first-order valence-electron chi connectivity index (χ1n) is 55.5. The van der Waals surface area contributed by atoms with E-state index in [1.54, 1.807) is 11.8 Å². The molecule has 0 spiro atoms. The summed E-state index contributed by atoms with van der Waals surface area (Å²) >= 11 is 1.75. The zero-order valence-corrected chi connectivity index (χ0v) is 102. The molecule has 0 unspecified atom stereocenters. The zero-order valence-electron chi connectivity index (χ0n) is 101. The van der Waals surface area contributed by atoms with Crippen LogP contribution in [0, 0.1) is 78.8 Å². The molecule has 8 aliphatic heterocycles. The second-order valence-electron chi connectivity index (χ2n) is 59.0. The fourth-order valence-corrected chi connectivity index (χ4v) is 20.0. The van der Waals surface area contributed by atoms with Crippen molar-refractivity contribution in [1.29, 1.82) is 0 Å². The normalized spacial score (nSPS) is 19.9. The summed E-state index contributed by atoms with van der Waals surface area (Å²) in [6, 6.07) is 1.67. The third-order valence-electron chi connectivity index (χ3n) is 29.1. The minimum atomic E-state index is -0.237. The molecule has 3 N–H and O–H groups in total. The van der Waals surface area contributed by atoms with Crippen molar-refractivity contribution in [1.82, 2.24) is 55.1 Å². The van der Waals surface area contributed by atoms with E-state index in [-0.39, 0.29) is 92.8 Å². The second-order valence-corrected chi connectivity index (χ2v) is 60.8. The molecule has 8 rings (SSSR count). The van der Waals surface area contributed by atoms with Crippen LogP contribution in [0.25, 0.3) is 0 Å². The summed E-state index contributed by atoms with van der Waals surface area (Å²) in [6.07, 6.45) is 19.8. The van der Waals surface area contributed by atoms with Crippen LogP contribution < -0.4 is 16.0 Å². The van der Waals surface area contributed by atoms with Crippen molar-refractivity contribution in [2.45, 2.75) is 497 Å². The van der Waals surface area contributed by atoms with Gasteiger partial charge in [0.25, 0.3) is 0 Å². The van der Waals surface area contributed by atoms with Gasteiger partial charge in [0.1, 0.15) is 25.6 Å². The molecule has 6 amide bonds. The summed E-state index contributed by atoms with van der Waals surface area (Å²) in [5, 5.41) is 10.1. The number of carbonyl (C=O) groups excluding carboxylic acids is 7. The number of ether oxygens (including phenoxy) is 3. The molecule has 8 saturated heterocycles. The van der Waals surface area contributed by atoms with Crippen LogP contribution >= 0.6 is 11.8 Å². The number of thioether (sulfide) groups is 1. The number of hydrogen-bond acceptors (Lipinski definition) is 16. The van der Waals surface area contributed by atoms with Crippen molar-refractivity contribution in [3.8, 4) is 0 Å². The van der Waals surface area contributed by atoms with Crippen molar-refractivity contribution in [3.05, 3.63) is 0 Å². The highest BCUT2D eigenvalue weighted by Gasteiger charge is 2.39. The molecule has 8 fully saturated rings. The second kappa shape index (κ2) is 58.1. The molecule has 0 aliphatic carbocycles. The topological polar surface area (TPSA) is 209 Å². The van der Waals surface area contributed by atoms with Gasteiger partial charge in [0.15, 0.2) is 0 Å². The Labute approximate surface area is 870 Å². The lowest BCUT2D eigenvalue weighted by atomic mass is 9.75. The maximum absolute atomic E-state index is 12.1. The fraction of sp³-hybridized carbons (Fsp3) is 0.941. The van der Waals surface area contributed by atoms with Gasteiger partial charge in [0.2, 0.25) is 35.4 Å². The van der Waals surface area contributed by atoms with Crippen LogP contribution in [0.15, 0.2) is 0 Å². The maximum atomic E-state index is 12.1. The lowest BCUT2D eigenvalue weighted by molar-refractivity contribution is -0.143. The van der Waals surface area contributed by atoms with Crippen molar-refractivity contribution in [2.24, 2.45) is 78.8 Å². The van der Waals surface area contributed by atoms with Gasteiger partial charge in [-0.1, -0.05) is 187 Å². The Morgan fingerprint density at radius 3 is 0.857 bits per heavy atom. The first-order chi connectivity index (χ1) is 63.0. The summed E-state index contributed by atoms with van der Waals surface area (Å²) in [7, 11) is 0. The van der Waals surface area contributed by atoms with Crippen molar-refractivity contribution < 1.29 is 47.8 Å². The summed E-state index contributed by atoms with van der Waals surface area (Å²) in [6.45, 7) is 121. The Bertz CT molecular complexity index is 3150. The summed E-state index contributed by atoms with van der Waals surface area (Å²) in [5.74, 6) is 6.73. The van der Waals surface area contributed by atoms with Gasteiger partial charge >= 0.3 is 0 Å². The van der Waals surface area contributed by atoms with Crippen molar-refractivity contribution in [3.63, 3.8) is 0 Å². The Morgan fingerprint density at radius 1 is 0.329 bits per heavy atom. The summed E-state index contributed by atoms with van der Waals surface area (Å²) in [5.41, 5.74) is 2.53. The van der Waals surface area contributed by atoms with Gasteiger partial charge in [-0.15, -0.1) is 11.8 Å². The molecule has 0 aromatic rings. The highest BCUT2D eigenvalue weighted by Crippen LogP contribution is 2.41. The maximum Gasteiger partial charge on any atom is 0.248 e. The number of hydrogen-bond donors (Lipinski definition) is 3. The van der Waals surface area contributed by atoms with Crippen LogP contribution in [0.3, 0.4) is 0 Å². The molecule has 22 heteroatoms. The van der Waals surface area contributed by atoms with Gasteiger partial charge in [-0.2, -0.15) is 0 Å². The molecule has 0 aromatic carbocycles. The zero-order chi connectivity index (χ0) is 109. The molecule has 8 heterocycles. The standard InChI is InChI=1S/C16H31NO.C15H30N2O.3C15H29NO2.C15H29NOS.C14H28N2O.C13H28N2/c1-15(2,3)11-14(18)12-17-9-7-13(8-10-17)16(4,5)6;1-14(2,3)12-7-9-17(10-8-12)13(18)11-16-15(4,5)6;4*1-14(2,3)12-7-9-16(10-8-12)13(17)11-18-15(4,5)6;1-11(2)16-9-7-12(10-16)15-13(17)6-8-14(3,4)5;1-12(2,3)14-11-7-9-15(10-8-11)13(4,5)6/h13H,7-12H2,1-6H3;12,16H,7-11H2,1-6H3;4*12H,7-11H2,1-6H3;11-12H,6-10H2,1-5H3,(H,15,17);11,14H,7-10H2,1-6H3/t;;;;;;12-;/m......0./s1. The van der Waals surface area contributed by atoms with Crippen LogP contribution in [0.5, 0.6) is 0 Å². The first-order valence-corrected chi connectivity index (χ1v) is 56.5. The number of Topliss-reactive ketones (excluding diaryl/α,β-unsaturated/α-hetero) is 1. The van der Waals surface area contributed by atoms with E-state index in [0.717, 1.165) is 204 Å². The van der Waals surface area contributed by atoms with E-state index in [0.29, 0.717) is 99.5 Å². The predicted octanol–water partition coefficient (Wildman–Crippen LogP) is 24.5. The molecule has 0 bridgehead atoms. The van der Waals surface area contributed by atoms with Crippen molar-refractivity contribution in [2.75, 3.05) is 143 Å². The Kier molecular flexibility index (Phi) is 55.8. The lowest BCUT2D eigenvalue weighted by Crippen LogP contribution is -2.53. The summed E-state index contributed by atoms with van der Waals surface area (Å²) in [4.78, 5) is 101. The molecule has 0 saturated carbocycles. The first kappa shape index (κ1) is 135. The van der Waals surface area contributed by atoms with E-state index in [1.165, 1.54) is 38.8 Å². The van der Waals surface area contributed by atoms with Crippen LogP contribution in [0.1, 0.15) is 441 Å². The molecule has 21 nitrogen and oxygen atoms in total. The van der Waals surface area contributed by atoms with E-state index in [2.05, 4.69) is 299 Å². The third kappa shape index (κ3) is 62.7. The molecular formula is C118H233N11O10S. The van der Waals surface area contributed by atoms with Gasteiger partial charge in [0, 0.05) is 144 Å². The van der Waals surface area contributed by atoms with Crippen molar-refractivity contribution >= 4 is 53.0 Å². The SMILES string of the molecule is CC(C)(C)CC(=O)CN1CCC(C(C)(C)C)CC1.CC(C)(C)NC1CCN(C(C)(C)C)CC1.CC(C)(C)NCC(=O)N1CCC(C(C)(C)C)CC1.CC(C)(C)OCC(=O)N1CCC(C(C)(C)C)CC1.CC(C)(C)OCC(=O)N1CCC(C(C)(C)C)CC1.CC(C)(C)OCC(=O)N1CCC(C(C)(C)C)CC1.CC(C)(C)SCC(=O)N1CCC(C(C)(C)C)CC1.CC(C)N1CC[C@H](NC(=O)CCC(C)(C)C)C1. The molecule has 826 valence electrons. The van der Waals surface area contributed by atoms with E-state index in [1.807, 2.05) is 81.9 Å². The van der Waals surface area contributed by atoms with Gasteiger partial charge in [-0.25, -0.2) is 0 Å². The Morgan fingerprint density at radius 2 is 0.614 bits per heavy atom. The number of piperidine rings is 7. The number of rotatable bonds is 18. The average molecular weight is 2000 g/mol. The minimum absolute atomic E-state index is 0.0133. The quantitative estimate of drug-likeness (QED) is 0.117. The molecular weight excluding hydrogens is 1760 g/mol. The van der Waals surface area contributed by atoms with Gasteiger partial charge < -0.3 is 54.7 Å². The molecule has 8 aliphatic rings. The average Bonchev–Trinajstić information content (AvgIpc) is 1.93. The monoisotopic (exact) mass is 2000 g/mol. The van der Waals surface area contributed by atoms with Gasteiger partial charge in [0.05, 0.1) is 35.6 Å². The number of nitrogens with one attached hydrogen (secondary N) is 3. The van der Waals surface area contributed by atoms with Crippen LogP contribution in [0.4, 0.5) is 0 Å². The Balaban J connectivity index is 0.000000800. The smallest absolute Gasteiger partial charge is 0.248 e.